The normalized spacial score (nSPS) is 11.1. The molecule has 0 fully saturated rings. The van der Waals surface area contributed by atoms with Gasteiger partial charge in [-0.2, -0.15) is 0 Å². The Labute approximate surface area is 149 Å². The Morgan fingerprint density at radius 1 is 1.30 bits per heavy atom. The summed E-state index contributed by atoms with van der Waals surface area (Å²) < 4.78 is 31.9. The first-order valence-electron chi connectivity index (χ1n) is 6.43. The van der Waals surface area contributed by atoms with Gasteiger partial charge in [0.2, 0.25) is 10.0 Å². The fourth-order valence-corrected chi connectivity index (χ4v) is 3.32. The van der Waals surface area contributed by atoms with Crippen molar-refractivity contribution < 1.29 is 18.1 Å². The molecule has 0 bridgehead atoms. The van der Waals surface area contributed by atoms with Crippen molar-refractivity contribution in [1.29, 1.82) is 0 Å². The van der Waals surface area contributed by atoms with Crippen molar-refractivity contribution >= 4 is 44.0 Å². The van der Waals surface area contributed by atoms with Crippen LogP contribution in [0.15, 0.2) is 21.5 Å². The second-order valence-corrected chi connectivity index (χ2v) is 7.07. The first-order valence-corrected chi connectivity index (χ1v) is 8.71. The average Bonchev–Trinajstić information content (AvgIpc) is 2.44. The van der Waals surface area contributed by atoms with Crippen molar-refractivity contribution in [2.24, 2.45) is 0 Å². The average molecular weight is 433 g/mol. The smallest absolute Gasteiger partial charge is 0.274 e. The van der Waals surface area contributed by atoms with E-state index < -0.39 is 14.9 Å². The largest absolute Gasteiger partial charge is 0.383 e. The topological polar surface area (TPSA) is 111 Å². The highest BCUT2D eigenvalue weighted by molar-refractivity contribution is 9.10. The van der Waals surface area contributed by atoms with Gasteiger partial charge in [0, 0.05) is 42.8 Å². The van der Waals surface area contributed by atoms with Gasteiger partial charge in [-0.25, -0.2) is 13.1 Å². The number of methoxy groups -OCH3 is 1. The molecule has 0 atom stereocenters. The molecule has 11 heteroatoms. The molecular weight excluding hydrogens is 414 g/mol. The number of nitrogens with one attached hydrogen (secondary N) is 2. The minimum absolute atomic E-state index is 0. The van der Waals surface area contributed by atoms with Crippen molar-refractivity contribution in [3.63, 3.8) is 0 Å². The van der Waals surface area contributed by atoms with Gasteiger partial charge in [0.1, 0.15) is 0 Å². The zero-order valence-corrected chi connectivity index (χ0v) is 15.9. The molecule has 1 rings (SSSR count). The van der Waals surface area contributed by atoms with Crippen LogP contribution in [0.1, 0.15) is 5.56 Å². The third-order valence-corrected chi connectivity index (χ3v) is 5.14. The van der Waals surface area contributed by atoms with Gasteiger partial charge in [-0.05, 0) is 13.0 Å². The van der Waals surface area contributed by atoms with Crippen molar-refractivity contribution in [3.8, 4) is 0 Å². The van der Waals surface area contributed by atoms with Crippen LogP contribution in [-0.2, 0) is 14.8 Å². The van der Waals surface area contributed by atoms with Crippen LogP contribution in [0.5, 0.6) is 0 Å². The zero-order valence-electron chi connectivity index (χ0n) is 12.7. The summed E-state index contributed by atoms with van der Waals surface area (Å²) in [6, 6.07) is 2.41. The summed E-state index contributed by atoms with van der Waals surface area (Å²) in [7, 11) is -2.23. The Morgan fingerprint density at radius 3 is 2.52 bits per heavy atom. The van der Waals surface area contributed by atoms with Crippen LogP contribution in [0.25, 0.3) is 0 Å². The highest BCUT2D eigenvalue weighted by atomic mass is 79.9. The van der Waals surface area contributed by atoms with Gasteiger partial charge in [0.15, 0.2) is 0 Å². The molecule has 0 aromatic heterocycles. The van der Waals surface area contributed by atoms with E-state index in [0.717, 1.165) is 6.07 Å². The molecule has 0 aliphatic heterocycles. The molecule has 23 heavy (non-hydrogen) atoms. The Bertz CT molecular complexity index is 642. The van der Waals surface area contributed by atoms with Crippen LogP contribution in [0, 0.1) is 17.0 Å². The Morgan fingerprint density at radius 2 is 1.96 bits per heavy atom. The number of sulfonamides is 1. The van der Waals surface area contributed by atoms with Crippen LogP contribution in [-0.4, -0.2) is 46.7 Å². The van der Waals surface area contributed by atoms with Gasteiger partial charge < -0.3 is 10.1 Å². The maximum Gasteiger partial charge on any atom is 0.274 e. The summed E-state index contributed by atoms with van der Waals surface area (Å²) in [5.74, 6) is 0. The lowest BCUT2D eigenvalue weighted by Gasteiger charge is -2.09. The number of nitrogens with zero attached hydrogens (tertiary/aromatic N) is 1. The van der Waals surface area contributed by atoms with Crippen molar-refractivity contribution in [1.82, 2.24) is 10.0 Å². The maximum atomic E-state index is 12.2. The van der Waals surface area contributed by atoms with E-state index in [1.165, 1.54) is 6.07 Å². The van der Waals surface area contributed by atoms with Gasteiger partial charge in [0.25, 0.3) is 5.69 Å². The van der Waals surface area contributed by atoms with E-state index in [4.69, 9.17) is 4.74 Å². The highest BCUT2D eigenvalue weighted by Crippen LogP contribution is 2.29. The van der Waals surface area contributed by atoms with Gasteiger partial charge in [0.05, 0.1) is 16.4 Å². The van der Waals surface area contributed by atoms with E-state index in [0.29, 0.717) is 29.7 Å². The lowest BCUT2D eigenvalue weighted by atomic mass is 10.2. The maximum absolute atomic E-state index is 12.2. The molecule has 0 spiro atoms. The predicted octanol–water partition coefficient (Wildman–Crippen LogP) is 1.60. The van der Waals surface area contributed by atoms with E-state index in [1.807, 2.05) is 0 Å². The minimum atomic E-state index is -3.80. The molecule has 1 aromatic rings. The van der Waals surface area contributed by atoms with E-state index in [2.05, 4.69) is 26.0 Å². The van der Waals surface area contributed by atoms with E-state index in [9.17, 15) is 18.5 Å². The molecule has 2 N–H and O–H groups in total. The van der Waals surface area contributed by atoms with Crippen LogP contribution < -0.4 is 10.0 Å². The first kappa shape index (κ1) is 22.2. The second-order valence-electron chi connectivity index (χ2n) is 4.45. The standard InChI is InChI=1S/C12H18BrN3O5S.ClH/c1-9-11(13)7-10(8-12(9)16(17)18)22(19,20)15-4-3-14-5-6-21-2;/h7-8,14-15H,3-6H2,1-2H3;1H. The summed E-state index contributed by atoms with van der Waals surface area (Å²) >= 11 is 3.15. The molecule has 0 unspecified atom stereocenters. The third-order valence-electron chi connectivity index (χ3n) is 2.87. The minimum Gasteiger partial charge on any atom is -0.383 e. The van der Waals surface area contributed by atoms with E-state index in [-0.39, 0.29) is 29.5 Å². The Hall–Kier alpha value is -0.780. The molecule has 0 saturated heterocycles. The summed E-state index contributed by atoms with van der Waals surface area (Å²) in [5.41, 5.74) is 0.137. The lowest BCUT2D eigenvalue weighted by molar-refractivity contribution is -0.385. The molecule has 0 amide bonds. The van der Waals surface area contributed by atoms with E-state index >= 15 is 0 Å². The van der Waals surface area contributed by atoms with E-state index in [1.54, 1.807) is 14.0 Å². The number of nitro groups is 1. The predicted molar refractivity (Wildman–Crippen MR) is 92.7 cm³/mol. The van der Waals surface area contributed by atoms with Crippen LogP contribution in [0.2, 0.25) is 0 Å². The molecule has 0 aliphatic rings. The van der Waals surface area contributed by atoms with Gasteiger partial charge in [-0.1, -0.05) is 15.9 Å². The second kappa shape index (κ2) is 10.2. The number of rotatable bonds is 9. The monoisotopic (exact) mass is 431 g/mol. The number of halogens is 2. The molecule has 0 aliphatic carbocycles. The first-order chi connectivity index (χ1) is 10.3. The summed E-state index contributed by atoms with van der Waals surface area (Å²) in [4.78, 5) is 10.2. The molecule has 0 saturated carbocycles. The number of nitro benzene ring substituents is 1. The summed E-state index contributed by atoms with van der Waals surface area (Å²) in [6.07, 6.45) is 0. The fourth-order valence-electron chi connectivity index (χ4n) is 1.64. The number of hydrogen-bond acceptors (Lipinski definition) is 6. The highest BCUT2D eigenvalue weighted by Gasteiger charge is 2.21. The number of hydrogen-bond donors (Lipinski definition) is 2. The van der Waals surface area contributed by atoms with Crippen molar-refractivity contribution in [2.45, 2.75) is 11.8 Å². The lowest BCUT2D eigenvalue weighted by Crippen LogP contribution is -2.33. The zero-order chi connectivity index (χ0) is 16.8. The Balaban J connectivity index is 0.00000484. The van der Waals surface area contributed by atoms with Crippen molar-refractivity contribution in [2.75, 3.05) is 33.4 Å². The molecule has 132 valence electrons. The fraction of sp³-hybridized carbons (Fsp3) is 0.500. The molecular formula is C12H19BrClN3O5S. The van der Waals surface area contributed by atoms with Gasteiger partial charge in [-0.15, -0.1) is 12.4 Å². The van der Waals surface area contributed by atoms with Crippen LogP contribution in [0.3, 0.4) is 0 Å². The van der Waals surface area contributed by atoms with Gasteiger partial charge >= 0.3 is 0 Å². The van der Waals surface area contributed by atoms with Crippen LogP contribution in [0.4, 0.5) is 5.69 Å². The van der Waals surface area contributed by atoms with Gasteiger partial charge in [-0.3, -0.25) is 10.1 Å². The molecule has 0 heterocycles. The van der Waals surface area contributed by atoms with Crippen molar-refractivity contribution in [3.05, 3.63) is 32.3 Å². The quantitative estimate of drug-likeness (QED) is 0.348. The van der Waals surface area contributed by atoms with Crippen LogP contribution >= 0.6 is 28.3 Å². The molecule has 0 radical (unpaired) electrons. The SMILES string of the molecule is COCCNCCNS(=O)(=O)c1cc(Br)c(C)c([N+](=O)[O-])c1.Cl. The number of ether oxygens (including phenoxy) is 1. The summed E-state index contributed by atoms with van der Waals surface area (Å²) in [5, 5.41) is 14.0. The third kappa shape index (κ3) is 6.69. The Kier molecular flexibility index (Phi) is 9.82. The molecule has 1 aromatic carbocycles. The number of benzene rings is 1. The molecule has 8 nitrogen and oxygen atoms in total. The summed E-state index contributed by atoms with van der Waals surface area (Å²) in [6.45, 7) is 3.29.